The first-order valence-corrected chi connectivity index (χ1v) is 10.3. The molecule has 1 rings (SSSR count). The minimum Gasteiger partial charge on any atom is -0.480 e. The summed E-state index contributed by atoms with van der Waals surface area (Å²) in [5.74, 6) is -2.71. The van der Waals surface area contributed by atoms with E-state index in [-0.39, 0.29) is 24.7 Å². The molecule has 0 aromatic heterocycles. The van der Waals surface area contributed by atoms with E-state index < -0.39 is 30.1 Å². The molecule has 3 amide bonds. The van der Waals surface area contributed by atoms with Crippen molar-refractivity contribution < 1.29 is 29.4 Å². The highest BCUT2D eigenvalue weighted by Gasteiger charge is 2.23. The van der Waals surface area contributed by atoms with E-state index in [1.54, 1.807) is 0 Å². The summed E-state index contributed by atoms with van der Waals surface area (Å²) in [6.07, 6.45) is 8.94. The lowest BCUT2D eigenvalue weighted by molar-refractivity contribution is -0.139. The molecule has 1 aliphatic carbocycles. The van der Waals surface area contributed by atoms with Crippen molar-refractivity contribution in [3.8, 4) is 0 Å². The largest absolute Gasteiger partial charge is 0.480 e. The molecule has 3 atom stereocenters. The SMILES string of the molecule is C=CC[C@H](NC(=O)N[C@@H](CCCCNC(=O)C1C=CC([125I])=CC1)C(=O)O)C(=O)O. The fraction of sp³-hybridized carbons (Fsp3) is 0.474. The zero-order chi connectivity index (χ0) is 21.8. The predicted molar refractivity (Wildman–Crippen MR) is 116 cm³/mol. The zero-order valence-electron chi connectivity index (χ0n) is 15.9. The van der Waals surface area contributed by atoms with Gasteiger partial charge in [0.25, 0.3) is 0 Å². The molecule has 0 aromatic rings. The third-order valence-electron chi connectivity index (χ3n) is 4.22. The van der Waals surface area contributed by atoms with Gasteiger partial charge in [0.15, 0.2) is 0 Å². The van der Waals surface area contributed by atoms with E-state index >= 15 is 0 Å². The van der Waals surface area contributed by atoms with E-state index in [9.17, 15) is 24.3 Å². The number of aliphatic carboxylic acids is 2. The topological polar surface area (TPSA) is 145 Å². The highest BCUT2D eigenvalue weighted by atomic mass is 125. The Morgan fingerprint density at radius 1 is 1.17 bits per heavy atom. The van der Waals surface area contributed by atoms with Crippen LogP contribution in [-0.2, 0) is 14.4 Å². The second kappa shape index (κ2) is 13.0. The van der Waals surface area contributed by atoms with Gasteiger partial charge < -0.3 is 26.2 Å². The third kappa shape index (κ3) is 9.59. The Balaban J connectivity index is 2.33. The Hall–Kier alpha value is -2.37. The van der Waals surface area contributed by atoms with Crippen LogP contribution in [0.1, 0.15) is 32.1 Å². The minimum atomic E-state index is -1.24. The van der Waals surface area contributed by atoms with Gasteiger partial charge in [0.1, 0.15) is 12.1 Å². The summed E-state index contributed by atoms with van der Waals surface area (Å²) in [7, 11) is 0. The summed E-state index contributed by atoms with van der Waals surface area (Å²) < 4.78 is 1.10. The molecular formula is C19H26IN3O6. The molecule has 0 heterocycles. The normalized spacial score (nSPS) is 17.4. The van der Waals surface area contributed by atoms with Crippen LogP contribution in [0.2, 0.25) is 0 Å². The Labute approximate surface area is 182 Å². The molecule has 1 aliphatic rings. The molecule has 0 fully saturated rings. The summed E-state index contributed by atoms with van der Waals surface area (Å²) in [5.41, 5.74) is 0. The molecule has 10 heteroatoms. The first kappa shape index (κ1) is 24.7. The molecule has 0 radical (unpaired) electrons. The fourth-order valence-electron chi connectivity index (χ4n) is 2.61. The maximum absolute atomic E-state index is 12.1. The summed E-state index contributed by atoms with van der Waals surface area (Å²) in [6, 6.07) is -3.20. The van der Waals surface area contributed by atoms with Crippen molar-refractivity contribution in [3.63, 3.8) is 0 Å². The van der Waals surface area contributed by atoms with Crippen LogP contribution in [0.3, 0.4) is 0 Å². The molecule has 9 nitrogen and oxygen atoms in total. The Bertz CT molecular complexity index is 691. The second-order valence-electron chi connectivity index (χ2n) is 6.50. The summed E-state index contributed by atoms with van der Waals surface area (Å²) in [6.45, 7) is 3.82. The van der Waals surface area contributed by atoms with Gasteiger partial charge >= 0.3 is 18.0 Å². The zero-order valence-corrected chi connectivity index (χ0v) is 18.1. The lowest BCUT2D eigenvalue weighted by atomic mass is 10.00. The molecule has 0 spiro atoms. The quantitative estimate of drug-likeness (QED) is 0.152. The summed E-state index contributed by atoms with van der Waals surface area (Å²) >= 11 is 2.19. The first-order valence-electron chi connectivity index (χ1n) is 9.19. The molecule has 0 saturated heterocycles. The van der Waals surface area contributed by atoms with Gasteiger partial charge in [-0.05, 0) is 54.7 Å². The van der Waals surface area contributed by atoms with Crippen LogP contribution in [0.15, 0.2) is 34.5 Å². The highest BCUT2D eigenvalue weighted by Crippen LogP contribution is 2.20. The molecule has 0 aliphatic heterocycles. The van der Waals surface area contributed by atoms with Gasteiger partial charge in [0.2, 0.25) is 5.91 Å². The van der Waals surface area contributed by atoms with E-state index in [1.165, 1.54) is 6.08 Å². The van der Waals surface area contributed by atoms with Gasteiger partial charge in [-0.25, -0.2) is 14.4 Å². The lowest BCUT2D eigenvalue weighted by Crippen LogP contribution is -2.51. The smallest absolute Gasteiger partial charge is 0.326 e. The van der Waals surface area contributed by atoms with Crippen molar-refractivity contribution in [3.05, 3.63) is 34.5 Å². The van der Waals surface area contributed by atoms with Crippen LogP contribution in [0.5, 0.6) is 0 Å². The number of halogens is 1. The van der Waals surface area contributed by atoms with Gasteiger partial charge in [-0.3, -0.25) is 4.79 Å². The highest BCUT2D eigenvalue weighted by molar-refractivity contribution is 14.1. The summed E-state index contributed by atoms with van der Waals surface area (Å²) in [5, 5.41) is 25.5. The lowest BCUT2D eigenvalue weighted by Gasteiger charge is -2.18. The molecule has 29 heavy (non-hydrogen) atoms. The molecular weight excluding hydrogens is 491 g/mol. The average Bonchev–Trinajstić information content (AvgIpc) is 2.66. The number of carboxylic acid groups (broad SMARTS) is 2. The Kier molecular flexibility index (Phi) is 11.0. The molecule has 0 aromatic carbocycles. The van der Waals surface area contributed by atoms with Gasteiger partial charge in [-0.2, -0.15) is 0 Å². The monoisotopic (exact) mass is 517 g/mol. The maximum Gasteiger partial charge on any atom is 0.326 e. The number of nitrogens with one attached hydrogen (secondary N) is 3. The standard InChI is InChI=1S/C19H26IN3O6/c1-2-5-14(17(25)26)22-19(29)23-15(18(27)28)6-3-4-11-21-16(24)12-7-9-13(20)10-8-12/h2,7,9-10,12,14-15H,1,3-6,8,11H2,(H,21,24)(H,25,26)(H,27,28)(H2,22,23,29)/t12?,14-,15-/m0/s1/i20-2. The number of amides is 3. The molecule has 5 N–H and O–H groups in total. The van der Waals surface area contributed by atoms with E-state index in [1.807, 2.05) is 18.2 Å². The first-order chi connectivity index (χ1) is 13.7. The Morgan fingerprint density at radius 3 is 2.38 bits per heavy atom. The molecule has 0 bridgehead atoms. The van der Waals surface area contributed by atoms with E-state index in [4.69, 9.17) is 5.11 Å². The number of allylic oxidation sites excluding steroid dienone is 3. The molecule has 1 unspecified atom stereocenters. The van der Waals surface area contributed by atoms with Crippen molar-refractivity contribution >= 4 is 46.5 Å². The van der Waals surface area contributed by atoms with Crippen molar-refractivity contribution in [1.82, 2.24) is 16.0 Å². The number of carbonyl (C=O) groups is 4. The van der Waals surface area contributed by atoms with E-state index in [2.05, 4.69) is 45.1 Å². The van der Waals surface area contributed by atoms with Gasteiger partial charge in [-0.1, -0.05) is 24.3 Å². The van der Waals surface area contributed by atoms with Crippen LogP contribution < -0.4 is 16.0 Å². The van der Waals surface area contributed by atoms with Gasteiger partial charge in [0.05, 0.1) is 5.92 Å². The third-order valence-corrected chi connectivity index (χ3v) is 5.02. The molecule has 0 saturated carbocycles. The van der Waals surface area contributed by atoms with Crippen molar-refractivity contribution in [2.24, 2.45) is 5.92 Å². The number of hydrogen-bond acceptors (Lipinski definition) is 4. The van der Waals surface area contributed by atoms with E-state index in [0.717, 1.165) is 3.58 Å². The Morgan fingerprint density at radius 2 is 1.83 bits per heavy atom. The maximum atomic E-state index is 12.1. The average molecular weight is 517 g/mol. The number of urea groups is 1. The number of carbonyl (C=O) groups excluding carboxylic acids is 2. The number of unbranched alkanes of at least 4 members (excludes halogenated alkanes) is 1. The van der Waals surface area contributed by atoms with Crippen LogP contribution in [-0.4, -0.2) is 52.7 Å². The van der Waals surface area contributed by atoms with Crippen LogP contribution in [0.4, 0.5) is 4.79 Å². The van der Waals surface area contributed by atoms with Crippen LogP contribution >= 0.6 is 22.6 Å². The minimum absolute atomic E-state index is 0.0192. The van der Waals surface area contributed by atoms with Crippen molar-refractivity contribution in [1.29, 1.82) is 0 Å². The number of carboxylic acids is 2. The predicted octanol–water partition coefficient (Wildman–Crippen LogP) is 1.95. The van der Waals surface area contributed by atoms with E-state index in [0.29, 0.717) is 25.8 Å². The van der Waals surface area contributed by atoms with Crippen LogP contribution in [0, 0.1) is 5.92 Å². The van der Waals surface area contributed by atoms with Gasteiger partial charge in [0, 0.05) is 10.1 Å². The van der Waals surface area contributed by atoms with Crippen LogP contribution in [0.25, 0.3) is 0 Å². The van der Waals surface area contributed by atoms with Crippen molar-refractivity contribution in [2.45, 2.75) is 44.2 Å². The fourth-order valence-corrected chi connectivity index (χ4v) is 3.07. The molecule has 160 valence electrons. The number of rotatable bonds is 12. The van der Waals surface area contributed by atoms with Crippen molar-refractivity contribution in [2.75, 3.05) is 6.54 Å². The summed E-state index contributed by atoms with van der Waals surface area (Å²) in [4.78, 5) is 46.3. The number of hydrogen-bond donors (Lipinski definition) is 5. The van der Waals surface area contributed by atoms with Gasteiger partial charge in [-0.15, -0.1) is 6.58 Å². The second-order valence-corrected chi connectivity index (χ2v) is 7.75.